The van der Waals surface area contributed by atoms with Crippen molar-refractivity contribution in [3.05, 3.63) is 48.0 Å². The van der Waals surface area contributed by atoms with Crippen LogP contribution in [0.2, 0.25) is 0 Å². The smallest absolute Gasteiger partial charge is 0.409 e. The van der Waals surface area contributed by atoms with Gasteiger partial charge < -0.3 is 24.6 Å². The van der Waals surface area contributed by atoms with Crippen LogP contribution in [0, 0.1) is 11.3 Å². The minimum atomic E-state index is -0.246. The lowest BCUT2D eigenvalue weighted by atomic mass is 9.86. The van der Waals surface area contributed by atoms with E-state index in [2.05, 4.69) is 68.4 Å². The normalized spacial score (nSPS) is 19.6. The number of ether oxygens (including phenoxy) is 2. The van der Waals surface area contributed by atoms with Gasteiger partial charge in [-0.05, 0) is 79.3 Å². The van der Waals surface area contributed by atoms with Crippen LogP contribution >= 0.6 is 0 Å². The average Bonchev–Trinajstić information content (AvgIpc) is 3.24. The molecule has 7 heteroatoms. The van der Waals surface area contributed by atoms with Crippen LogP contribution in [0.4, 0.5) is 10.5 Å². The second kappa shape index (κ2) is 10.6. The van der Waals surface area contributed by atoms with Gasteiger partial charge in [-0.1, -0.05) is 39.0 Å². The number of likely N-dealkylation sites (tertiary alicyclic amines) is 2. The summed E-state index contributed by atoms with van der Waals surface area (Å²) < 4.78 is 12.0. The topological polar surface area (TPSA) is 71.1 Å². The van der Waals surface area contributed by atoms with E-state index in [-0.39, 0.29) is 28.9 Å². The van der Waals surface area contributed by atoms with E-state index in [0.29, 0.717) is 19.7 Å². The summed E-state index contributed by atoms with van der Waals surface area (Å²) >= 11 is 0. The van der Waals surface area contributed by atoms with Gasteiger partial charge in [-0.2, -0.15) is 0 Å². The van der Waals surface area contributed by atoms with Crippen LogP contribution in [-0.4, -0.2) is 67.2 Å². The molecule has 1 N–H and O–H groups in total. The van der Waals surface area contributed by atoms with E-state index < -0.39 is 0 Å². The van der Waals surface area contributed by atoms with E-state index in [1.54, 1.807) is 0 Å². The number of hydrogen-bond acceptors (Lipinski definition) is 5. The number of nitrogens with zero attached hydrogens (tertiary/aromatic N) is 2. The average molecular weight is 520 g/mol. The molecule has 7 nitrogen and oxygen atoms in total. The molecule has 0 aromatic heterocycles. The summed E-state index contributed by atoms with van der Waals surface area (Å²) in [6, 6.07) is 14.5. The number of fused-ring (bicyclic) bond motifs is 1. The van der Waals surface area contributed by atoms with E-state index in [9.17, 15) is 9.59 Å². The summed E-state index contributed by atoms with van der Waals surface area (Å²) in [6.07, 6.45) is 4.06. The number of amides is 2. The number of hydrogen-bond donors (Lipinski definition) is 1. The molecule has 2 amide bonds. The third kappa shape index (κ3) is 6.15. The quantitative estimate of drug-likeness (QED) is 0.571. The van der Waals surface area contributed by atoms with Crippen molar-refractivity contribution < 1.29 is 19.1 Å². The molecule has 0 radical (unpaired) electrons. The first-order chi connectivity index (χ1) is 18.1. The molecule has 0 unspecified atom stereocenters. The summed E-state index contributed by atoms with van der Waals surface area (Å²) in [5, 5.41) is 3.10. The van der Waals surface area contributed by atoms with Gasteiger partial charge in [0.2, 0.25) is 5.91 Å². The fourth-order valence-corrected chi connectivity index (χ4v) is 5.62. The minimum absolute atomic E-state index is 0.0404. The Bertz CT molecular complexity index is 1150. The highest BCUT2D eigenvalue weighted by atomic mass is 16.6. The van der Waals surface area contributed by atoms with E-state index in [1.807, 2.05) is 17.0 Å². The molecule has 3 heterocycles. The highest BCUT2D eigenvalue weighted by Crippen LogP contribution is 2.42. The molecule has 3 aliphatic rings. The van der Waals surface area contributed by atoms with Gasteiger partial charge in [-0.25, -0.2) is 4.79 Å². The van der Waals surface area contributed by atoms with Crippen LogP contribution in [0.3, 0.4) is 0 Å². The first-order valence-corrected chi connectivity index (χ1v) is 13.9. The lowest BCUT2D eigenvalue weighted by Crippen LogP contribution is -2.49. The Hall–Kier alpha value is -3.06. The van der Waals surface area contributed by atoms with Crippen molar-refractivity contribution in [3.8, 4) is 16.9 Å². The number of carbonyl (C=O) groups excluding carboxylic acids is 2. The largest absolute Gasteiger partial charge is 0.487 e. The molecule has 3 aliphatic heterocycles. The van der Waals surface area contributed by atoms with Crippen LogP contribution in [0.5, 0.6) is 5.75 Å². The van der Waals surface area contributed by atoms with E-state index in [1.165, 1.54) is 5.56 Å². The Balaban J connectivity index is 1.17. The molecule has 0 atom stereocenters. The molecule has 0 saturated carbocycles. The first-order valence-electron chi connectivity index (χ1n) is 13.9. The summed E-state index contributed by atoms with van der Waals surface area (Å²) in [5.74, 6) is 1.16. The second-order valence-electron chi connectivity index (χ2n) is 12.5. The van der Waals surface area contributed by atoms with Gasteiger partial charge in [-0.3, -0.25) is 4.79 Å². The molecule has 38 heavy (non-hydrogen) atoms. The maximum Gasteiger partial charge on any atom is 0.409 e. The van der Waals surface area contributed by atoms with Crippen LogP contribution < -0.4 is 10.1 Å². The van der Waals surface area contributed by atoms with Crippen LogP contribution in [0.25, 0.3) is 11.1 Å². The van der Waals surface area contributed by atoms with Crippen molar-refractivity contribution in [1.29, 1.82) is 0 Å². The fourth-order valence-electron chi connectivity index (χ4n) is 5.62. The molecule has 0 aliphatic carbocycles. The lowest BCUT2D eigenvalue weighted by molar-refractivity contribution is -0.121. The summed E-state index contributed by atoms with van der Waals surface area (Å²) in [5.41, 5.74) is 4.02. The number of benzene rings is 2. The molecule has 2 fully saturated rings. The molecule has 2 aromatic carbocycles. The van der Waals surface area contributed by atoms with Gasteiger partial charge in [-0.15, -0.1) is 0 Å². The molecule has 0 bridgehead atoms. The zero-order chi connectivity index (χ0) is 26.9. The number of carbonyl (C=O) groups is 2. The predicted molar refractivity (Wildman–Crippen MR) is 149 cm³/mol. The van der Waals surface area contributed by atoms with E-state index in [0.717, 1.165) is 67.8 Å². The van der Waals surface area contributed by atoms with E-state index in [4.69, 9.17) is 9.47 Å². The first kappa shape index (κ1) is 26.5. The molecule has 5 rings (SSSR count). The third-order valence-electron chi connectivity index (χ3n) is 8.04. The van der Waals surface area contributed by atoms with Crippen LogP contribution in [0.1, 0.15) is 52.0 Å². The van der Waals surface area contributed by atoms with Gasteiger partial charge in [0.15, 0.2) is 0 Å². The van der Waals surface area contributed by atoms with Gasteiger partial charge in [0.25, 0.3) is 0 Å². The van der Waals surface area contributed by atoms with Crippen LogP contribution in [-0.2, 0) is 16.0 Å². The SMILES string of the molecule is CN1CCC(C(=O)Nc2ccc(-c3ccc4c(c3)CC3(CCN(C(=O)OCC(C)(C)C)CC3)O4)cc2)CC1. The van der Waals surface area contributed by atoms with Gasteiger partial charge in [0.05, 0.1) is 6.61 Å². The minimum Gasteiger partial charge on any atom is -0.487 e. The van der Waals surface area contributed by atoms with Crippen molar-refractivity contribution in [1.82, 2.24) is 9.80 Å². The predicted octanol–water partition coefficient (Wildman–Crippen LogP) is 5.59. The standard InChI is InChI=1S/C31H41N3O4/c1-30(2,3)21-37-29(36)34-17-13-31(14-18-34)20-25-19-24(7-10-27(25)38-31)22-5-8-26(9-6-22)32-28(35)23-11-15-33(4)16-12-23/h5-10,19,23H,11-18,20-21H2,1-4H3,(H,32,35). The molecule has 2 saturated heterocycles. The van der Waals surface area contributed by atoms with Gasteiger partial charge in [0, 0.05) is 44.0 Å². The van der Waals surface area contributed by atoms with Crippen molar-refractivity contribution >= 4 is 17.7 Å². The lowest BCUT2D eigenvalue weighted by Gasteiger charge is -2.38. The van der Waals surface area contributed by atoms with Crippen molar-refractivity contribution in [3.63, 3.8) is 0 Å². The number of nitrogens with one attached hydrogen (secondary N) is 1. The molecular weight excluding hydrogens is 478 g/mol. The third-order valence-corrected chi connectivity index (χ3v) is 8.04. The summed E-state index contributed by atoms with van der Waals surface area (Å²) in [4.78, 5) is 29.2. The van der Waals surface area contributed by atoms with Gasteiger partial charge in [0.1, 0.15) is 11.4 Å². The molecular formula is C31H41N3O4. The molecule has 204 valence electrons. The molecule has 1 spiro atoms. The highest BCUT2D eigenvalue weighted by Gasteiger charge is 2.43. The Morgan fingerprint density at radius 2 is 1.66 bits per heavy atom. The Kier molecular flexibility index (Phi) is 7.40. The van der Waals surface area contributed by atoms with Gasteiger partial charge >= 0.3 is 6.09 Å². The summed E-state index contributed by atoms with van der Waals surface area (Å²) in [7, 11) is 2.11. The zero-order valence-electron chi connectivity index (χ0n) is 23.2. The summed E-state index contributed by atoms with van der Waals surface area (Å²) in [6.45, 7) is 9.85. The van der Waals surface area contributed by atoms with Crippen LogP contribution in [0.15, 0.2) is 42.5 Å². The monoisotopic (exact) mass is 519 g/mol. The zero-order valence-corrected chi connectivity index (χ0v) is 23.2. The maximum atomic E-state index is 12.7. The fraction of sp³-hybridized carbons (Fsp3) is 0.548. The van der Waals surface area contributed by atoms with Crippen molar-refractivity contribution in [2.24, 2.45) is 11.3 Å². The second-order valence-corrected chi connectivity index (χ2v) is 12.5. The van der Waals surface area contributed by atoms with E-state index >= 15 is 0 Å². The Morgan fingerprint density at radius 1 is 1.00 bits per heavy atom. The Labute approximate surface area is 226 Å². The van der Waals surface area contributed by atoms with Crippen molar-refractivity contribution in [2.75, 3.05) is 45.2 Å². The maximum absolute atomic E-state index is 12.7. The number of anilines is 1. The molecule has 2 aromatic rings. The number of piperidine rings is 2. The number of rotatable bonds is 4. The Morgan fingerprint density at radius 3 is 2.32 bits per heavy atom. The highest BCUT2D eigenvalue weighted by molar-refractivity contribution is 5.92. The van der Waals surface area contributed by atoms with Crippen molar-refractivity contribution in [2.45, 2.75) is 58.5 Å².